The van der Waals surface area contributed by atoms with Crippen LogP contribution in [0.4, 0.5) is 4.39 Å². The standard InChI is InChI=1S/C15H23FN2O/c1-12(14-6-5-13(16)11-15(14)19)17(2)9-10-18-7-3-4-8-18/h5-6,11-12,19H,3-4,7-10H2,1-2H3. The fourth-order valence-corrected chi connectivity index (χ4v) is 2.61. The second-order valence-electron chi connectivity index (χ2n) is 5.41. The Labute approximate surface area is 114 Å². The molecule has 4 heteroatoms. The zero-order valence-corrected chi connectivity index (χ0v) is 11.8. The van der Waals surface area contributed by atoms with Gasteiger partial charge in [-0.05, 0) is 46.0 Å². The van der Waals surface area contributed by atoms with Gasteiger partial charge < -0.3 is 10.0 Å². The highest BCUT2D eigenvalue weighted by Crippen LogP contribution is 2.28. The summed E-state index contributed by atoms with van der Waals surface area (Å²) < 4.78 is 13.0. The van der Waals surface area contributed by atoms with E-state index in [1.165, 1.54) is 38.1 Å². The molecule has 1 saturated heterocycles. The third-order valence-electron chi connectivity index (χ3n) is 4.07. The van der Waals surface area contributed by atoms with E-state index in [1.807, 2.05) is 14.0 Å². The van der Waals surface area contributed by atoms with Gasteiger partial charge in [0, 0.05) is 30.8 Å². The van der Waals surface area contributed by atoms with Gasteiger partial charge >= 0.3 is 0 Å². The number of halogens is 1. The fourth-order valence-electron chi connectivity index (χ4n) is 2.61. The molecule has 19 heavy (non-hydrogen) atoms. The summed E-state index contributed by atoms with van der Waals surface area (Å²) in [5.41, 5.74) is 0.783. The van der Waals surface area contributed by atoms with Gasteiger partial charge in [-0.15, -0.1) is 0 Å². The number of rotatable bonds is 5. The number of likely N-dealkylation sites (tertiary alicyclic amines) is 1. The van der Waals surface area contributed by atoms with E-state index in [-0.39, 0.29) is 11.8 Å². The van der Waals surface area contributed by atoms with Crippen molar-refractivity contribution in [1.29, 1.82) is 0 Å². The van der Waals surface area contributed by atoms with Crippen LogP contribution < -0.4 is 0 Å². The van der Waals surface area contributed by atoms with Gasteiger partial charge in [-0.2, -0.15) is 0 Å². The average molecular weight is 266 g/mol. The summed E-state index contributed by atoms with van der Waals surface area (Å²) in [5, 5.41) is 9.81. The first kappa shape index (κ1) is 14.3. The van der Waals surface area contributed by atoms with Gasteiger partial charge in [-0.3, -0.25) is 4.90 Å². The summed E-state index contributed by atoms with van der Waals surface area (Å²) in [6, 6.07) is 4.34. The van der Waals surface area contributed by atoms with Crippen LogP contribution in [0, 0.1) is 5.82 Å². The molecule has 1 N–H and O–H groups in total. The summed E-state index contributed by atoms with van der Waals surface area (Å²) >= 11 is 0. The Balaban J connectivity index is 1.91. The van der Waals surface area contributed by atoms with Crippen molar-refractivity contribution in [3.63, 3.8) is 0 Å². The topological polar surface area (TPSA) is 26.7 Å². The lowest BCUT2D eigenvalue weighted by molar-refractivity contribution is 0.214. The third kappa shape index (κ3) is 3.67. The second-order valence-corrected chi connectivity index (χ2v) is 5.41. The molecule has 1 aromatic carbocycles. The second kappa shape index (κ2) is 6.35. The molecule has 0 spiro atoms. The van der Waals surface area contributed by atoms with Crippen LogP contribution in [0.3, 0.4) is 0 Å². The zero-order chi connectivity index (χ0) is 13.8. The SMILES string of the molecule is CC(c1ccc(F)cc1O)N(C)CCN1CCCC1. The highest BCUT2D eigenvalue weighted by atomic mass is 19.1. The number of hydrogen-bond donors (Lipinski definition) is 1. The Hall–Kier alpha value is -1.13. The van der Waals surface area contributed by atoms with Gasteiger partial charge in [-0.25, -0.2) is 4.39 Å². The predicted octanol–water partition coefficient (Wildman–Crippen LogP) is 2.62. The molecule has 1 aliphatic heterocycles. The van der Waals surface area contributed by atoms with Crippen molar-refractivity contribution in [2.75, 3.05) is 33.2 Å². The van der Waals surface area contributed by atoms with Crippen molar-refractivity contribution < 1.29 is 9.50 Å². The molecule has 1 aliphatic rings. The third-order valence-corrected chi connectivity index (χ3v) is 4.07. The monoisotopic (exact) mass is 266 g/mol. The summed E-state index contributed by atoms with van der Waals surface area (Å²) in [7, 11) is 2.05. The van der Waals surface area contributed by atoms with Gasteiger partial charge in [0.1, 0.15) is 11.6 Å². The molecule has 0 radical (unpaired) electrons. The van der Waals surface area contributed by atoms with Crippen molar-refractivity contribution in [3.05, 3.63) is 29.6 Å². The lowest BCUT2D eigenvalue weighted by Gasteiger charge is -2.27. The van der Waals surface area contributed by atoms with E-state index in [4.69, 9.17) is 0 Å². The van der Waals surface area contributed by atoms with Crippen LogP contribution >= 0.6 is 0 Å². The maximum absolute atomic E-state index is 13.0. The van der Waals surface area contributed by atoms with E-state index >= 15 is 0 Å². The fraction of sp³-hybridized carbons (Fsp3) is 0.600. The molecule has 3 nitrogen and oxygen atoms in total. The molecule has 0 aromatic heterocycles. The summed E-state index contributed by atoms with van der Waals surface area (Å²) in [5.74, 6) is -0.353. The Morgan fingerprint density at radius 2 is 2.05 bits per heavy atom. The molecular formula is C15H23FN2O. The molecule has 1 fully saturated rings. The Morgan fingerprint density at radius 1 is 1.37 bits per heavy atom. The minimum Gasteiger partial charge on any atom is -0.508 e. The van der Waals surface area contributed by atoms with Gasteiger partial charge in [0.25, 0.3) is 0 Å². The Kier molecular flexibility index (Phi) is 4.77. The van der Waals surface area contributed by atoms with E-state index in [9.17, 15) is 9.50 Å². The highest BCUT2D eigenvalue weighted by molar-refractivity contribution is 5.34. The molecule has 106 valence electrons. The molecule has 2 rings (SSSR count). The van der Waals surface area contributed by atoms with E-state index in [1.54, 1.807) is 6.07 Å². The molecule has 1 unspecified atom stereocenters. The predicted molar refractivity (Wildman–Crippen MR) is 74.8 cm³/mol. The van der Waals surface area contributed by atoms with Crippen LogP contribution in [0.5, 0.6) is 5.75 Å². The van der Waals surface area contributed by atoms with Crippen molar-refractivity contribution in [1.82, 2.24) is 9.80 Å². The highest BCUT2D eigenvalue weighted by Gasteiger charge is 2.17. The van der Waals surface area contributed by atoms with Gasteiger partial charge in [0.15, 0.2) is 0 Å². The lowest BCUT2D eigenvalue weighted by Crippen LogP contribution is -2.33. The first-order chi connectivity index (χ1) is 9.08. The molecule has 1 atom stereocenters. The Morgan fingerprint density at radius 3 is 2.68 bits per heavy atom. The van der Waals surface area contributed by atoms with E-state index in [2.05, 4.69) is 9.80 Å². The molecule has 0 bridgehead atoms. The number of phenols is 1. The molecule has 0 aliphatic carbocycles. The largest absolute Gasteiger partial charge is 0.508 e. The first-order valence-corrected chi connectivity index (χ1v) is 6.99. The van der Waals surface area contributed by atoms with E-state index < -0.39 is 5.82 Å². The smallest absolute Gasteiger partial charge is 0.126 e. The van der Waals surface area contributed by atoms with Crippen molar-refractivity contribution >= 4 is 0 Å². The van der Waals surface area contributed by atoms with Crippen LogP contribution in [0.25, 0.3) is 0 Å². The average Bonchev–Trinajstić information content (AvgIpc) is 2.88. The van der Waals surface area contributed by atoms with Crippen LogP contribution in [0.1, 0.15) is 31.4 Å². The summed E-state index contributed by atoms with van der Waals surface area (Å²) in [6.45, 7) is 6.45. The summed E-state index contributed by atoms with van der Waals surface area (Å²) in [4.78, 5) is 4.67. The van der Waals surface area contributed by atoms with Crippen LogP contribution in [-0.2, 0) is 0 Å². The number of likely N-dealkylation sites (N-methyl/N-ethyl adjacent to an activating group) is 1. The number of phenolic OH excluding ortho intramolecular Hbond substituents is 1. The number of nitrogens with zero attached hydrogens (tertiary/aromatic N) is 2. The van der Waals surface area contributed by atoms with Crippen LogP contribution in [0.15, 0.2) is 18.2 Å². The number of hydrogen-bond acceptors (Lipinski definition) is 3. The molecular weight excluding hydrogens is 243 g/mol. The Bertz CT molecular complexity index is 419. The van der Waals surface area contributed by atoms with Gasteiger partial charge in [0.05, 0.1) is 0 Å². The first-order valence-electron chi connectivity index (χ1n) is 6.99. The van der Waals surface area contributed by atoms with E-state index in [0.717, 1.165) is 18.7 Å². The quantitative estimate of drug-likeness (QED) is 0.887. The van der Waals surface area contributed by atoms with Crippen LogP contribution in [0.2, 0.25) is 0 Å². The molecule has 0 saturated carbocycles. The summed E-state index contributed by atoms with van der Waals surface area (Å²) in [6.07, 6.45) is 2.61. The molecule has 0 amide bonds. The lowest BCUT2D eigenvalue weighted by atomic mass is 10.1. The van der Waals surface area contributed by atoms with Crippen LogP contribution in [-0.4, -0.2) is 48.1 Å². The molecule has 1 heterocycles. The van der Waals surface area contributed by atoms with Crippen molar-refractivity contribution in [2.24, 2.45) is 0 Å². The maximum Gasteiger partial charge on any atom is 0.126 e. The van der Waals surface area contributed by atoms with E-state index in [0.29, 0.717) is 0 Å². The minimum absolute atomic E-state index is 0.0422. The normalized spacial score (nSPS) is 18.1. The number of aromatic hydroxyl groups is 1. The van der Waals surface area contributed by atoms with Gasteiger partial charge in [-0.1, -0.05) is 6.07 Å². The zero-order valence-electron chi connectivity index (χ0n) is 11.8. The van der Waals surface area contributed by atoms with Crippen molar-refractivity contribution in [2.45, 2.75) is 25.8 Å². The van der Waals surface area contributed by atoms with Crippen molar-refractivity contribution in [3.8, 4) is 5.75 Å². The van der Waals surface area contributed by atoms with Gasteiger partial charge in [0.2, 0.25) is 0 Å². The number of benzene rings is 1. The maximum atomic E-state index is 13.0. The molecule has 1 aromatic rings. The minimum atomic E-state index is -0.395.